The van der Waals surface area contributed by atoms with Crippen LogP contribution in [0.3, 0.4) is 0 Å². The van der Waals surface area contributed by atoms with Gasteiger partial charge in [0.05, 0.1) is 0 Å². The van der Waals surface area contributed by atoms with Gasteiger partial charge >= 0.3 is 0 Å². The Morgan fingerprint density at radius 2 is 1.21 bits per heavy atom. The maximum absolute atomic E-state index is 10.9. The van der Waals surface area contributed by atoms with Crippen LogP contribution in [0.2, 0.25) is 0 Å². The van der Waals surface area contributed by atoms with Crippen molar-refractivity contribution in [2.45, 2.75) is 23.9 Å². The van der Waals surface area contributed by atoms with Gasteiger partial charge in [0.25, 0.3) is 11.8 Å². The quantitative estimate of drug-likeness (QED) is 0.546. The lowest BCUT2D eigenvalue weighted by Crippen LogP contribution is -2.71. The summed E-state index contributed by atoms with van der Waals surface area (Å²) in [5.41, 5.74) is 5.59. The van der Waals surface area contributed by atoms with E-state index in [0.717, 1.165) is 0 Å². The average Bonchev–Trinajstić information content (AvgIpc) is 2.04. The third kappa shape index (κ3) is 0.820. The number of nitrogens with zero attached hydrogens (tertiary/aromatic N) is 2. The maximum atomic E-state index is 10.9. The van der Waals surface area contributed by atoms with Crippen molar-refractivity contribution in [1.82, 2.24) is 0 Å². The SMILES string of the molecule is NC(=O)C1(N=O)CCC1(N=O)C(N)=O. The van der Waals surface area contributed by atoms with Crippen molar-refractivity contribution < 1.29 is 9.59 Å². The first-order valence-electron chi connectivity index (χ1n) is 3.76. The molecule has 0 aromatic rings. The second-order valence-corrected chi connectivity index (χ2v) is 3.13. The molecule has 1 aliphatic carbocycles. The molecule has 14 heavy (non-hydrogen) atoms. The number of carbonyl (C=O) groups excluding carboxylic acids is 2. The molecule has 8 nitrogen and oxygen atoms in total. The van der Waals surface area contributed by atoms with E-state index in [1.807, 2.05) is 0 Å². The van der Waals surface area contributed by atoms with Gasteiger partial charge in [0.1, 0.15) is 0 Å². The van der Waals surface area contributed by atoms with Crippen LogP contribution in [0.5, 0.6) is 0 Å². The summed E-state index contributed by atoms with van der Waals surface area (Å²) in [7, 11) is 0. The van der Waals surface area contributed by atoms with Gasteiger partial charge < -0.3 is 11.5 Å². The second kappa shape index (κ2) is 2.82. The number of rotatable bonds is 4. The van der Waals surface area contributed by atoms with Gasteiger partial charge in [-0.2, -0.15) is 0 Å². The van der Waals surface area contributed by atoms with Crippen LogP contribution in [-0.2, 0) is 9.59 Å². The summed E-state index contributed by atoms with van der Waals surface area (Å²) in [6.07, 6.45) is -0.166. The van der Waals surface area contributed by atoms with Gasteiger partial charge in [-0.1, -0.05) is 0 Å². The van der Waals surface area contributed by atoms with Crippen LogP contribution < -0.4 is 11.5 Å². The Bertz CT molecular complexity index is 298. The molecular weight excluding hydrogens is 192 g/mol. The zero-order valence-corrected chi connectivity index (χ0v) is 7.10. The van der Waals surface area contributed by atoms with E-state index in [2.05, 4.69) is 10.4 Å². The third-order valence-electron chi connectivity index (χ3n) is 2.66. The topological polar surface area (TPSA) is 145 Å². The number of primary amides is 2. The molecule has 0 spiro atoms. The Balaban J connectivity index is 3.24. The Labute approximate surface area is 78.0 Å². The summed E-state index contributed by atoms with van der Waals surface area (Å²) in [5, 5.41) is 4.90. The summed E-state index contributed by atoms with van der Waals surface area (Å²) in [5.74, 6) is -2.31. The van der Waals surface area contributed by atoms with E-state index in [9.17, 15) is 19.4 Å². The highest BCUT2D eigenvalue weighted by Gasteiger charge is 2.71. The van der Waals surface area contributed by atoms with Gasteiger partial charge in [-0.05, 0) is 23.2 Å². The standard InChI is InChI=1S/C6H8N4O4/c7-3(11)5(9-13)1-2-6(5,10-14)4(8)12/h1-2H2,(H2,7,11)(H2,8,12). The molecule has 0 aromatic carbocycles. The van der Waals surface area contributed by atoms with Crippen molar-refractivity contribution in [2.75, 3.05) is 0 Å². The number of carbonyl (C=O) groups is 2. The summed E-state index contributed by atoms with van der Waals surface area (Å²) in [6, 6.07) is 0. The summed E-state index contributed by atoms with van der Waals surface area (Å²) in [6.45, 7) is 0. The van der Waals surface area contributed by atoms with Crippen molar-refractivity contribution >= 4 is 11.8 Å². The highest BCUT2D eigenvalue weighted by atomic mass is 16.3. The number of hydrogen-bond donors (Lipinski definition) is 2. The van der Waals surface area contributed by atoms with Crippen LogP contribution in [0, 0.1) is 9.81 Å². The first kappa shape index (κ1) is 10.2. The fourth-order valence-corrected chi connectivity index (χ4v) is 1.58. The lowest BCUT2D eigenvalue weighted by Gasteiger charge is -2.44. The normalized spacial score (nSPS) is 35.4. The number of hydrogen-bond acceptors (Lipinski definition) is 6. The van der Waals surface area contributed by atoms with Crippen molar-refractivity contribution in [2.24, 2.45) is 21.8 Å². The minimum absolute atomic E-state index is 0.0828. The van der Waals surface area contributed by atoms with E-state index in [-0.39, 0.29) is 12.8 Å². The van der Waals surface area contributed by atoms with Crippen LogP contribution in [0.15, 0.2) is 10.4 Å². The predicted octanol–water partition coefficient (Wildman–Crippen LogP) is -1.24. The van der Waals surface area contributed by atoms with Crippen LogP contribution >= 0.6 is 0 Å². The van der Waals surface area contributed by atoms with Gasteiger partial charge in [-0.15, -0.1) is 9.81 Å². The minimum Gasteiger partial charge on any atom is -0.367 e. The lowest BCUT2D eigenvalue weighted by molar-refractivity contribution is -0.141. The number of amides is 2. The zero-order valence-electron chi connectivity index (χ0n) is 7.10. The molecule has 0 aliphatic heterocycles. The van der Waals surface area contributed by atoms with Crippen molar-refractivity contribution in [1.29, 1.82) is 0 Å². The number of nitroso groups, excluding NO2 is 2. The van der Waals surface area contributed by atoms with Gasteiger partial charge in [0.2, 0.25) is 11.1 Å². The lowest BCUT2D eigenvalue weighted by atomic mass is 9.60. The molecule has 1 saturated carbocycles. The molecule has 8 heteroatoms. The van der Waals surface area contributed by atoms with Crippen molar-refractivity contribution in [3.63, 3.8) is 0 Å². The molecule has 2 amide bonds. The Kier molecular flexibility index (Phi) is 2.06. The van der Waals surface area contributed by atoms with Crippen molar-refractivity contribution in [3.8, 4) is 0 Å². The first-order chi connectivity index (χ1) is 6.47. The van der Waals surface area contributed by atoms with Crippen LogP contribution in [0.25, 0.3) is 0 Å². The summed E-state index contributed by atoms with van der Waals surface area (Å²) >= 11 is 0. The average molecular weight is 200 g/mol. The number of nitrogens with two attached hydrogens (primary N) is 2. The molecule has 76 valence electrons. The van der Waals surface area contributed by atoms with E-state index in [4.69, 9.17) is 11.5 Å². The van der Waals surface area contributed by atoms with E-state index >= 15 is 0 Å². The Hall–Kier alpha value is -1.86. The first-order valence-corrected chi connectivity index (χ1v) is 3.76. The van der Waals surface area contributed by atoms with Crippen LogP contribution in [0.1, 0.15) is 12.8 Å². The molecule has 1 fully saturated rings. The molecular formula is C6H8N4O4. The summed E-state index contributed by atoms with van der Waals surface area (Å²) in [4.78, 5) is 42.8. The molecule has 0 aromatic heterocycles. The molecule has 1 aliphatic rings. The molecule has 2 unspecified atom stereocenters. The van der Waals surface area contributed by atoms with Gasteiger partial charge in [0.15, 0.2) is 0 Å². The van der Waals surface area contributed by atoms with Gasteiger partial charge in [-0.3, -0.25) is 9.59 Å². The predicted molar refractivity (Wildman–Crippen MR) is 44.7 cm³/mol. The van der Waals surface area contributed by atoms with Crippen LogP contribution in [0.4, 0.5) is 0 Å². The molecule has 0 heterocycles. The largest absolute Gasteiger partial charge is 0.367 e. The van der Waals surface area contributed by atoms with E-state index < -0.39 is 22.9 Å². The second-order valence-electron chi connectivity index (χ2n) is 3.13. The molecule has 2 atom stereocenters. The molecule has 1 rings (SSSR count). The zero-order chi connectivity index (χ0) is 11.0. The Morgan fingerprint density at radius 1 is 0.929 bits per heavy atom. The molecule has 4 N–H and O–H groups in total. The Morgan fingerprint density at radius 3 is 1.29 bits per heavy atom. The fourth-order valence-electron chi connectivity index (χ4n) is 1.58. The fraction of sp³-hybridized carbons (Fsp3) is 0.667. The third-order valence-corrected chi connectivity index (χ3v) is 2.66. The van der Waals surface area contributed by atoms with E-state index in [0.29, 0.717) is 0 Å². The molecule has 0 bridgehead atoms. The maximum Gasteiger partial charge on any atom is 0.252 e. The molecule has 0 radical (unpaired) electrons. The van der Waals surface area contributed by atoms with Crippen LogP contribution in [-0.4, -0.2) is 22.9 Å². The van der Waals surface area contributed by atoms with E-state index in [1.54, 1.807) is 0 Å². The van der Waals surface area contributed by atoms with E-state index in [1.165, 1.54) is 0 Å². The highest BCUT2D eigenvalue weighted by molar-refractivity contribution is 6.00. The monoisotopic (exact) mass is 200 g/mol. The van der Waals surface area contributed by atoms with Gasteiger partial charge in [-0.25, -0.2) is 0 Å². The molecule has 0 saturated heterocycles. The van der Waals surface area contributed by atoms with Crippen molar-refractivity contribution in [3.05, 3.63) is 9.81 Å². The van der Waals surface area contributed by atoms with Gasteiger partial charge in [0, 0.05) is 0 Å². The summed E-state index contributed by atoms with van der Waals surface area (Å²) < 4.78 is 0. The minimum atomic E-state index is -2.10. The smallest absolute Gasteiger partial charge is 0.252 e. The highest BCUT2D eigenvalue weighted by Crippen LogP contribution is 2.48.